The van der Waals surface area contributed by atoms with E-state index in [2.05, 4.69) is 19.2 Å². The van der Waals surface area contributed by atoms with Crippen molar-refractivity contribution >= 4 is 11.8 Å². The molecule has 1 heterocycles. The number of carbonyl (C=O) groups is 2. The molecule has 4 nitrogen and oxygen atoms in total. The summed E-state index contributed by atoms with van der Waals surface area (Å²) in [5.41, 5.74) is 5.01. The van der Waals surface area contributed by atoms with Crippen molar-refractivity contribution in [3.63, 3.8) is 0 Å². The van der Waals surface area contributed by atoms with Crippen molar-refractivity contribution in [3.8, 4) is 0 Å². The Hall–Kier alpha value is -2.36. The molecule has 1 aliphatic heterocycles. The van der Waals surface area contributed by atoms with Crippen LogP contribution in [0.3, 0.4) is 0 Å². The van der Waals surface area contributed by atoms with Gasteiger partial charge < -0.3 is 10.1 Å². The van der Waals surface area contributed by atoms with E-state index in [4.69, 9.17) is 4.74 Å². The van der Waals surface area contributed by atoms with E-state index < -0.39 is 0 Å². The number of ketones is 1. The van der Waals surface area contributed by atoms with Gasteiger partial charge in [0.2, 0.25) is 0 Å². The van der Waals surface area contributed by atoms with Crippen LogP contribution in [0.4, 0.5) is 0 Å². The molecular weight excluding hydrogens is 326 g/mol. The lowest BCUT2D eigenvalue weighted by Crippen LogP contribution is -2.38. The maximum Gasteiger partial charge on any atom is 0.336 e. The fraction of sp³-hybridized carbons (Fsp3) is 0.455. The minimum Gasteiger partial charge on any atom is -0.463 e. The van der Waals surface area contributed by atoms with Gasteiger partial charge in [0.15, 0.2) is 5.78 Å². The molecule has 0 aromatic heterocycles. The van der Waals surface area contributed by atoms with Gasteiger partial charge in [-0.1, -0.05) is 43.7 Å². The first-order valence-electron chi connectivity index (χ1n) is 9.21. The van der Waals surface area contributed by atoms with Gasteiger partial charge in [0.05, 0.1) is 12.2 Å². The fourth-order valence-electron chi connectivity index (χ4n) is 4.01. The number of Topliss-reactive ketones (excluding diaryl/α,β-unsaturated/α-hetero) is 1. The zero-order valence-corrected chi connectivity index (χ0v) is 16.2. The molecule has 1 aromatic rings. The summed E-state index contributed by atoms with van der Waals surface area (Å²) in [6.07, 6.45) is 1.29. The molecule has 0 unspecified atom stereocenters. The lowest BCUT2D eigenvalue weighted by molar-refractivity contribution is -0.138. The Bertz CT molecular complexity index is 812. The van der Waals surface area contributed by atoms with Gasteiger partial charge in [-0.3, -0.25) is 4.79 Å². The van der Waals surface area contributed by atoms with Gasteiger partial charge in [-0.05, 0) is 38.2 Å². The Balaban J connectivity index is 2.17. The third-order valence-electron chi connectivity index (χ3n) is 5.15. The number of hydrogen-bond donors (Lipinski definition) is 1. The molecule has 1 aromatic carbocycles. The van der Waals surface area contributed by atoms with Crippen molar-refractivity contribution in [2.24, 2.45) is 5.41 Å². The molecule has 0 amide bonds. The smallest absolute Gasteiger partial charge is 0.336 e. The van der Waals surface area contributed by atoms with Crippen LogP contribution in [-0.4, -0.2) is 18.4 Å². The highest BCUT2D eigenvalue weighted by molar-refractivity contribution is 6.04. The van der Waals surface area contributed by atoms with E-state index in [9.17, 15) is 9.59 Å². The molecule has 3 rings (SSSR count). The molecule has 1 N–H and O–H groups in total. The van der Waals surface area contributed by atoms with Crippen molar-refractivity contribution in [2.45, 2.75) is 53.4 Å². The topological polar surface area (TPSA) is 55.4 Å². The van der Waals surface area contributed by atoms with Crippen molar-refractivity contribution < 1.29 is 14.3 Å². The van der Waals surface area contributed by atoms with Crippen molar-refractivity contribution in [1.82, 2.24) is 5.32 Å². The summed E-state index contributed by atoms with van der Waals surface area (Å²) in [6.45, 7) is 10.2. The van der Waals surface area contributed by atoms with E-state index in [0.717, 1.165) is 34.5 Å². The quantitative estimate of drug-likeness (QED) is 0.829. The van der Waals surface area contributed by atoms with Crippen LogP contribution in [0.5, 0.6) is 0 Å². The molecule has 0 saturated heterocycles. The highest BCUT2D eigenvalue weighted by atomic mass is 16.5. The number of benzene rings is 1. The summed E-state index contributed by atoms with van der Waals surface area (Å²) in [6, 6.07) is 8.06. The maximum absolute atomic E-state index is 13.1. The SMILES string of the molecule is CCOC(=O)C1=C(C)NC2=C(C(=O)CC(C)(C)C2)[C@@H]1c1ccc(C)cc1. The Morgan fingerprint density at radius 2 is 1.85 bits per heavy atom. The third-order valence-corrected chi connectivity index (χ3v) is 5.15. The van der Waals surface area contributed by atoms with Crippen molar-refractivity contribution in [1.29, 1.82) is 0 Å². The zero-order valence-electron chi connectivity index (χ0n) is 16.2. The van der Waals surface area contributed by atoms with E-state index in [1.165, 1.54) is 0 Å². The summed E-state index contributed by atoms with van der Waals surface area (Å²) in [7, 11) is 0. The first kappa shape index (κ1) is 18.4. The van der Waals surface area contributed by atoms with E-state index >= 15 is 0 Å². The van der Waals surface area contributed by atoms with Gasteiger partial charge in [0, 0.05) is 29.3 Å². The van der Waals surface area contributed by atoms with Crippen LogP contribution in [0.1, 0.15) is 57.6 Å². The van der Waals surface area contributed by atoms with Gasteiger partial charge in [-0.15, -0.1) is 0 Å². The second-order valence-corrected chi connectivity index (χ2v) is 8.06. The lowest BCUT2D eigenvalue weighted by atomic mass is 9.68. The molecule has 138 valence electrons. The standard InChI is InChI=1S/C22H27NO3/c1-6-26-21(25)18-14(3)23-16-11-22(4,5)12-17(24)20(16)19(18)15-9-7-13(2)8-10-15/h7-10,19,23H,6,11-12H2,1-5H3/t19-/m1/s1. The first-order valence-corrected chi connectivity index (χ1v) is 9.21. The highest BCUT2D eigenvalue weighted by Gasteiger charge is 2.42. The number of nitrogens with one attached hydrogen (secondary N) is 1. The number of aryl methyl sites for hydroxylation is 1. The van der Waals surface area contributed by atoms with Crippen molar-refractivity contribution in [3.05, 3.63) is 57.9 Å². The Kier molecular flexibility index (Phi) is 4.78. The number of hydrogen-bond acceptors (Lipinski definition) is 4. The molecule has 4 heteroatoms. The first-order chi connectivity index (χ1) is 12.2. The molecule has 1 aliphatic carbocycles. The lowest BCUT2D eigenvalue weighted by Gasteiger charge is -2.39. The van der Waals surface area contributed by atoms with Crippen LogP contribution >= 0.6 is 0 Å². The third kappa shape index (κ3) is 3.33. The number of esters is 1. The van der Waals surface area contributed by atoms with Gasteiger partial charge in [0.25, 0.3) is 0 Å². The molecule has 0 fully saturated rings. The minimum absolute atomic E-state index is 0.0809. The number of rotatable bonds is 3. The average molecular weight is 353 g/mol. The molecule has 2 aliphatic rings. The predicted molar refractivity (Wildman–Crippen MR) is 101 cm³/mol. The minimum atomic E-state index is -0.366. The number of dihydropyridines is 1. The predicted octanol–water partition coefficient (Wildman–Crippen LogP) is 4.16. The Labute approximate surface area is 155 Å². The molecule has 0 saturated carbocycles. The van der Waals surface area contributed by atoms with E-state index in [1.54, 1.807) is 6.92 Å². The summed E-state index contributed by atoms with van der Waals surface area (Å²) in [5, 5.41) is 3.34. The van der Waals surface area contributed by atoms with E-state index in [0.29, 0.717) is 18.6 Å². The largest absolute Gasteiger partial charge is 0.463 e. The summed E-state index contributed by atoms with van der Waals surface area (Å²) >= 11 is 0. The van der Waals surface area contributed by atoms with E-state index in [-0.39, 0.29) is 23.1 Å². The molecule has 0 bridgehead atoms. The molecule has 0 radical (unpaired) electrons. The summed E-state index contributed by atoms with van der Waals surface area (Å²) < 4.78 is 5.31. The molecular formula is C22H27NO3. The number of ether oxygens (including phenoxy) is 1. The Morgan fingerprint density at radius 1 is 1.19 bits per heavy atom. The summed E-state index contributed by atoms with van der Waals surface area (Å²) in [4.78, 5) is 25.8. The number of allylic oxidation sites excluding steroid dienone is 3. The van der Waals surface area contributed by atoms with Gasteiger partial charge in [0.1, 0.15) is 0 Å². The highest BCUT2D eigenvalue weighted by Crippen LogP contribution is 2.46. The van der Waals surface area contributed by atoms with Gasteiger partial charge in [-0.25, -0.2) is 4.79 Å². The maximum atomic E-state index is 13.1. The Morgan fingerprint density at radius 3 is 2.46 bits per heavy atom. The van der Waals surface area contributed by atoms with Crippen LogP contribution in [-0.2, 0) is 14.3 Å². The molecule has 26 heavy (non-hydrogen) atoms. The molecule has 1 atom stereocenters. The monoisotopic (exact) mass is 353 g/mol. The van der Waals surface area contributed by atoms with Crippen LogP contribution in [0.15, 0.2) is 46.8 Å². The van der Waals surface area contributed by atoms with E-state index in [1.807, 2.05) is 38.1 Å². The van der Waals surface area contributed by atoms with Crippen LogP contribution in [0, 0.1) is 12.3 Å². The van der Waals surface area contributed by atoms with Crippen molar-refractivity contribution in [2.75, 3.05) is 6.61 Å². The average Bonchev–Trinajstić information content (AvgIpc) is 2.53. The zero-order chi connectivity index (χ0) is 19.1. The summed E-state index contributed by atoms with van der Waals surface area (Å²) in [5.74, 6) is -0.606. The van der Waals surface area contributed by atoms with Gasteiger partial charge >= 0.3 is 5.97 Å². The molecule has 0 spiro atoms. The second kappa shape index (κ2) is 6.75. The van der Waals surface area contributed by atoms with Gasteiger partial charge in [-0.2, -0.15) is 0 Å². The van der Waals surface area contributed by atoms with Crippen LogP contribution in [0.25, 0.3) is 0 Å². The normalized spacial score (nSPS) is 22.0. The number of carbonyl (C=O) groups excluding carboxylic acids is 2. The van der Waals surface area contributed by atoms with Crippen LogP contribution < -0.4 is 5.32 Å². The fourth-order valence-corrected chi connectivity index (χ4v) is 4.01. The second-order valence-electron chi connectivity index (χ2n) is 8.06. The van der Waals surface area contributed by atoms with Crippen LogP contribution in [0.2, 0.25) is 0 Å².